The fourth-order valence-electron chi connectivity index (χ4n) is 3.46. The Bertz CT molecular complexity index is 1290. The second-order valence-corrected chi connectivity index (χ2v) is 7.72. The quantitative estimate of drug-likeness (QED) is 0.372. The number of nitrogens with zero attached hydrogens (tertiary/aromatic N) is 1. The molecule has 0 aliphatic carbocycles. The van der Waals surface area contributed by atoms with Crippen molar-refractivity contribution in [3.63, 3.8) is 0 Å². The lowest BCUT2D eigenvalue weighted by molar-refractivity contribution is -0.122. The molecule has 1 saturated heterocycles. The van der Waals surface area contributed by atoms with Gasteiger partial charge in [-0.15, -0.1) is 0 Å². The molecule has 4 rings (SSSR count). The molecular weight excluding hydrogens is 451 g/mol. The predicted molar refractivity (Wildman–Crippen MR) is 128 cm³/mol. The minimum Gasteiger partial charge on any atom is -0.494 e. The van der Waals surface area contributed by atoms with Gasteiger partial charge in [-0.2, -0.15) is 0 Å². The molecule has 3 aromatic carbocycles. The average Bonchev–Trinajstić information content (AvgIpc) is 2.86. The zero-order chi connectivity index (χ0) is 24.8. The third-order valence-electron chi connectivity index (χ3n) is 5.23. The van der Waals surface area contributed by atoms with Gasteiger partial charge in [0.15, 0.2) is 0 Å². The lowest BCUT2D eigenvalue weighted by Crippen LogP contribution is -2.54. The summed E-state index contributed by atoms with van der Waals surface area (Å²) < 4.78 is 25.3. The van der Waals surface area contributed by atoms with Crippen LogP contribution < -0.4 is 19.7 Å². The number of rotatable bonds is 8. The van der Waals surface area contributed by atoms with Crippen molar-refractivity contribution >= 4 is 29.6 Å². The molecule has 0 bridgehead atoms. The van der Waals surface area contributed by atoms with Crippen LogP contribution in [-0.4, -0.2) is 24.5 Å². The van der Waals surface area contributed by atoms with Gasteiger partial charge in [-0.05, 0) is 48.9 Å². The zero-order valence-corrected chi connectivity index (χ0v) is 19.0. The van der Waals surface area contributed by atoms with Gasteiger partial charge in [0, 0.05) is 11.1 Å². The molecule has 1 aliphatic heterocycles. The first-order valence-corrected chi connectivity index (χ1v) is 11.1. The maximum absolute atomic E-state index is 14.0. The van der Waals surface area contributed by atoms with Gasteiger partial charge in [0.1, 0.15) is 29.5 Å². The van der Waals surface area contributed by atoms with E-state index in [1.54, 1.807) is 66.7 Å². The van der Waals surface area contributed by atoms with E-state index in [4.69, 9.17) is 9.47 Å². The summed E-state index contributed by atoms with van der Waals surface area (Å²) >= 11 is 0. The number of para-hydroxylation sites is 1. The molecule has 1 fully saturated rings. The number of carbonyl (C=O) groups is 3. The molecule has 4 amide bonds. The summed E-state index contributed by atoms with van der Waals surface area (Å²) in [5.74, 6) is -1.03. The van der Waals surface area contributed by atoms with E-state index in [2.05, 4.69) is 5.32 Å². The molecule has 1 aliphatic rings. The minimum absolute atomic E-state index is 0.0376. The molecule has 35 heavy (non-hydrogen) atoms. The molecule has 0 saturated carbocycles. The Balaban J connectivity index is 1.59. The van der Waals surface area contributed by atoms with Gasteiger partial charge < -0.3 is 9.47 Å². The number of benzene rings is 3. The molecule has 178 valence electrons. The fraction of sp³-hybridized carbons (Fsp3) is 0.148. The van der Waals surface area contributed by atoms with Gasteiger partial charge in [0.25, 0.3) is 11.8 Å². The Hall–Kier alpha value is -4.46. The Morgan fingerprint density at radius 2 is 1.63 bits per heavy atom. The highest BCUT2D eigenvalue weighted by Gasteiger charge is 2.37. The normalized spacial score (nSPS) is 14.7. The summed E-state index contributed by atoms with van der Waals surface area (Å²) in [6, 6.07) is 18.6. The molecule has 0 atom stereocenters. The van der Waals surface area contributed by atoms with Crippen LogP contribution in [0.25, 0.3) is 6.08 Å². The van der Waals surface area contributed by atoms with Crippen molar-refractivity contribution in [2.24, 2.45) is 0 Å². The van der Waals surface area contributed by atoms with Crippen LogP contribution in [0.15, 0.2) is 78.4 Å². The van der Waals surface area contributed by atoms with Crippen LogP contribution in [-0.2, 0) is 16.2 Å². The molecule has 0 aromatic heterocycles. The van der Waals surface area contributed by atoms with E-state index in [0.717, 1.165) is 11.3 Å². The van der Waals surface area contributed by atoms with Crippen LogP contribution in [0.2, 0.25) is 0 Å². The Morgan fingerprint density at radius 1 is 0.914 bits per heavy atom. The molecule has 0 radical (unpaired) electrons. The third-order valence-corrected chi connectivity index (χ3v) is 5.23. The lowest BCUT2D eigenvalue weighted by Gasteiger charge is -2.26. The van der Waals surface area contributed by atoms with Crippen LogP contribution >= 0.6 is 0 Å². The average molecular weight is 474 g/mol. The van der Waals surface area contributed by atoms with Crippen LogP contribution in [0.4, 0.5) is 14.9 Å². The third kappa shape index (κ3) is 5.38. The van der Waals surface area contributed by atoms with Crippen LogP contribution in [0.5, 0.6) is 11.5 Å². The van der Waals surface area contributed by atoms with Gasteiger partial charge in [-0.1, -0.05) is 43.3 Å². The zero-order valence-electron chi connectivity index (χ0n) is 19.0. The summed E-state index contributed by atoms with van der Waals surface area (Å²) in [6.07, 6.45) is 2.20. The fourth-order valence-corrected chi connectivity index (χ4v) is 3.46. The second kappa shape index (κ2) is 10.6. The highest BCUT2D eigenvalue weighted by Crippen LogP contribution is 2.27. The highest BCUT2D eigenvalue weighted by molar-refractivity contribution is 6.39. The van der Waals surface area contributed by atoms with Crippen molar-refractivity contribution < 1.29 is 28.2 Å². The summed E-state index contributed by atoms with van der Waals surface area (Å²) in [6.45, 7) is 2.49. The van der Waals surface area contributed by atoms with Gasteiger partial charge >= 0.3 is 6.03 Å². The number of amides is 4. The largest absolute Gasteiger partial charge is 0.494 e. The molecule has 1 heterocycles. The van der Waals surface area contributed by atoms with E-state index in [1.807, 2.05) is 6.92 Å². The monoisotopic (exact) mass is 474 g/mol. The van der Waals surface area contributed by atoms with E-state index < -0.39 is 23.7 Å². The number of hydrogen-bond acceptors (Lipinski definition) is 5. The van der Waals surface area contributed by atoms with Crippen molar-refractivity contribution in [1.82, 2.24) is 5.32 Å². The number of imide groups is 2. The van der Waals surface area contributed by atoms with Crippen molar-refractivity contribution in [3.05, 3.63) is 95.3 Å². The van der Waals surface area contributed by atoms with Crippen molar-refractivity contribution in [3.8, 4) is 11.5 Å². The van der Waals surface area contributed by atoms with E-state index in [1.165, 1.54) is 12.1 Å². The summed E-state index contributed by atoms with van der Waals surface area (Å²) in [5.41, 5.74) is 0.848. The lowest BCUT2D eigenvalue weighted by atomic mass is 10.1. The maximum atomic E-state index is 14.0. The first kappa shape index (κ1) is 23.7. The summed E-state index contributed by atoms with van der Waals surface area (Å²) in [5, 5.41) is 2.20. The number of hydrogen-bond donors (Lipinski definition) is 1. The van der Waals surface area contributed by atoms with Gasteiger partial charge in [0.05, 0.1) is 12.3 Å². The molecule has 1 N–H and O–H groups in total. The highest BCUT2D eigenvalue weighted by atomic mass is 19.1. The second-order valence-electron chi connectivity index (χ2n) is 7.72. The molecule has 8 heteroatoms. The molecule has 7 nitrogen and oxygen atoms in total. The van der Waals surface area contributed by atoms with Gasteiger partial charge in [-0.3, -0.25) is 14.9 Å². The standard InChI is InChI=1S/C27H23FN2O5/c1-2-15-34-21-13-11-20(12-14-21)30-26(32)22(25(31)29-27(30)33)16-18-7-4-6-10-24(18)35-17-19-8-3-5-9-23(19)28/h3-14,16H,2,15,17H2,1H3,(H,29,31,33)/b22-16-. The van der Waals surface area contributed by atoms with Gasteiger partial charge in [-0.25, -0.2) is 14.1 Å². The summed E-state index contributed by atoms with van der Waals surface area (Å²) in [7, 11) is 0. The Labute approximate surface area is 201 Å². The SMILES string of the molecule is CCCOc1ccc(N2C(=O)NC(=O)/C(=C/c3ccccc3OCc3ccccc3F)C2=O)cc1. The Morgan fingerprint density at radius 3 is 2.37 bits per heavy atom. The Kier molecular flexibility index (Phi) is 7.21. The first-order chi connectivity index (χ1) is 17.0. The van der Waals surface area contributed by atoms with Crippen molar-refractivity contribution in [1.29, 1.82) is 0 Å². The van der Waals surface area contributed by atoms with E-state index in [9.17, 15) is 18.8 Å². The number of anilines is 1. The van der Waals surface area contributed by atoms with Crippen LogP contribution in [0, 0.1) is 5.82 Å². The number of barbiturate groups is 1. The number of ether oxygens (including phenoxy) is 2. The van der Waals surface area contributed by atoms with Crippen LogP contribution in [0.3, 0.4) is 0 Å². The smallest absolute Gasteiger partial charge is 0.335 e. The van der Waals surface area contributed by atoms with Crippen molar-refractivity contribution in [2.45, 2.75) is 20.0 Å². The number of halogens is 1. The molecular formula is C27H23FN2O5. The number of urea groups is 1. The molecule has 3 aromatic rings. The number of nitrogens with one attached hydrogen (secondary N) is 1. The minimum atomic E-state index is -0.844. The summed E-state index contributed by atoms with van der Waals surface area (Å²) in [4.78, 5) is 39.1. The first-order valence-electron chi connectivity index (χ1n) is 11.1. The molecule has 0 unspecified atom stereocenters. The van der Waals surface area contributed by atoms with Gasteiger partial charge in [0.2, 0.25) is 0 Å². The van der Waals surface area contributed by atoms with E-state index in [-0.39, 0.29) is 12.2 Å². The predicted octanol–water partition coefficient (Wildman–Crippen LogP) is 4.86. The molecule has 0 spiro atoms. The van der Waals surface area contributed by atoms with E-state index >= 15 is 0 Å². The topological polar surface area (TPSA) is 84.9 Å². The maximum Gasteiger partial charge on any atom is 0.335 e. The van der Waals surface area contributed by atoms with Crippen LogP contribution in [0.1, 0.15) is 24.5 Å². The number of carbonyl (C=O) groups excluding carboxylic acids is 3. The van der Waals surface area contributed by atoms with Crippen molar-refractivity contribution in [2.75, 3.05) is 11.5 Å². The van der Waals surface area contributed by atoms with E-state index in [0.29, 0.717) is 34.9 Å².